The van der Waals surface area contributed by atoms with Crippen molar-refractivity contribution < 1.29 is 4.79 Å². The minimum absolute atomic E-state index is 0.0302. The maximum absolute atomic E-state index is 12.4. The molecule has 0 spiro atoms. The van der Waals surface area contributed by atoms with Crippen molar-refractivity contribution in [2.24, 2.45) is 5.92 Å². The number of anilines is 2. The van der Waals surface area contributed by atoms with Crippen molar-refractivity contribution >= 4 is 28.6 Å². The Hall–Kier alpha value is -3.03. The van der Waals surface area contributed by atoms with E-state index in [1.165, 1.54) is 11.9 Å². The molecule has 1 amide bonds. The van der Waals surface area contributed by atoms with Crippen LogP contribution in [0.5, 0.6) is 0 Å². The van der Waals surface area contributed by atoms with Crippen molar-refractivity contribution in [1.29, 1.82) is 0 Å². The topological polar surface area (TPSA) is 88.8 Å². The number of amides is 1. The van der Waals surface area contributed by atoms with E-state index in [0.717, 1.165) is 17.2 Å². The molecule has 1 N–H and O–H groups in total. The Labute approximate surface area is 144 Å². The second-order valence-corrected chi connectivity index (χ2v) is 6.23. The highest BCUT2D eigenvalue weighted by Crippen LogP contribution is 2.28. The summed E-state index contributed by atoms with van der Waals surface area (Å²) in [6.07, 6.45) is 1.52. The normalized spacial score (nSPS) is 14.6. The van der Waals surface area contributed by atoms with Gasteiger partial charge in [-0.05, 0) is 26.0 Å². The molecule has 128 valence electrons. The van der Waals surface area contributed by atoms with Gasteiger partial charge in [-0.25, -0.2) is 14.6 Å². The molecule has 8 nitrogen and oxygen atoms in total. The lowest BCUT2D eigenvalue weighted by Gasteiger charge is -2.38. The van der Waals surface area contributed by atoms with Crippen molar-refractivity contribution in [1.82, 2.24) is 25.0 Å². The van der Waals surface area contributed by atoms with Gasteiger partial charge in [-0.15, -0.1) is 5.10 Å². The lowest BCUT2D eigenvalue weighted by Crippen LogP contribution is -2.52. The maximum Gasteiger partial charge on any atom is 0.231 e. The van der Waals surface area contributed by atoms with E-state index in [4.69, 9.17) is 0 Å². The lowest BCUT2D eigenvalue weighted by atomic mass is 9.99. The highest BCUT2D eigenvalue weighted by Gasteiger charge is 2.35. The summed E-state index contributed by atoms with van der Waals surface area (Å²) in [4.78, 5) is 23.0. The molecule has 1 aliphatic heterocycles. The molecule has 25 heavy (non-hydrogen) atoms. The predicted molar refractivity (Wildman–Crippen MR) is 94.3 cm³/mol. The first-order valence-electron chi connectivity index (χ1n) is 8.32. The largest absolute Gasteiger partial charge is 0.353 e. The highest BCUT2D eigenvalue weighted by molar-refractivity contribution is 5.95. The van der Waals surface area contributed by atoms with E-state index in [1.54, 1.807) is 4.68 Å². The van der Waals surface area contributed by atoms with Crippen LogP contribution >= 0.6 is 0 Å². The van der Waals surface area contributed by atoms with Gasteiger partial charge >= 0.3 is 0 Å². The first-order valence-corrected chi connectivity index (χ1v) is 8.32. The molecule has 4 rings (SSSR count). The SMILES string of the molecule is CCn1nnc2c(N3CC(C(=O)Nc4ccc(C)cc4)C3)ncnc21. The first kappa shape index (κ1) is 15.5. The number of rotatable bonds is 4. The van der Waals surface area contributed by atoms with E-state index >= 15 is 0 Å². The van der Waals surface area contributed by atoms with Crippen LogP contribution in [0.4, 0.5) is 11.5 Å². The Balaban J connectivity index is 1.44. The van der Waals surface area contributed by atoms with Gasteiger partial charge in [-0.3, -0.25) is 4.79 Å². The number of carbonyl (C=O) groups excluding carboxylic acids is 1. The average Bonchev–Trinajstić information content (AvgIpc) is 2.99. The van der Waals surface area contributed by atoms with Crippen LogP contribution in [0.15, 0.2) is 30.6 Å². The molecule has 3 heterocycles. The van der Waals surface area contributed by atoms with Crippen molar-refractivity contribution in [3.05, 3.63) is 36.2 Å². The molecule has 0 aliphatic carbocycles. The predicted octanol–water partition coefficient (Wildman–Crippen LogP) is 1.62. The molecule has 2 aromatic heterocycles. The molecule has 1 aliphatic rings. The molecule has 8 heteroatoms. The molecule has 0 bridgehead atoms. The summed E-state index contributed by atoms with van der Waals surface area (Å²) in [5, 5.41) is 11.2. The van der Waals surface area contributed by atoms with E-state index < -0.39 is 0 Å². The van der Waals surface area contributed by atoms with Crippen LogP contribution in [0.25, 0.3) is 11.2 Å². The summed E-state index contributed by atoms with van der Waals surface area (Å²) < 4.78 is 1.74. The summed E-state index contributed by atoms with van der Waals surface area (Å²) >= 11 is 0. The number of nitrogens with zero attached hydrogens (tertiary/aromatic N) is 6. The zero-order valence-corrected chi connectivity index (χ0v) is 14.2. The Kier molecular flexibility index (Phi) is 3.79. The van der Waals surface area contributed by atoms with Crippen LogP contribution in [-0.2, 0) is 11.3 Å². The van der Waals surface area contributed by atoms with Gasteiger partial charge in [0.15, 0.2) is 17.0 Å². The zero-order chi connectivity index (χ0) is 17.4. The maximum atomic E-state index is 12.4. The monoisotopic (exact) mass is 337 g/mol. The Morgan fingerprint density at radius 2 is 2.00 bits per heavy atom. The van der Waals surface area contributed by atoms with Crippen molar-refractivity contribution in [2.75, 3.05) is 23.3 Å². The van der Waals surface area contributed by atoms with Crippen LogP contribution in [0, 0.1) is 12.8 Å². The fourth-order valence-electron chi connectivity index (χ4n) is 2.92. The second-order valence-electron chi connectivity index (χ2n) is 6.23. The fourth-order valence-corrected chi connectivity index (χ4v) is 2.92. The van der Waals surface area contributed by atoms with E-state index in [0.29, 0.717) is 25.2 Å². The molecule has 3 aromatic rings. The number of carbonyl (C=O) groups is 1. The molecule has 0 atom stereocenters. The van der Waals surface area contributed by atoms with Gasteiger partial charge in [0.05, 0.1) is 5.92 Å². The standard InChI is InChI=1S/C17H19N7O/c1-3-24-16-14(21-22-24)15(18-10-19-16)23-8-12(9-23)17(25)20-13-6-4-11(2)5-7-13/h4-7,10,12H,3,8-9H2,1-2H3,(H,20,25). The highest BCUT2D eigenvalue weighted by atomic mass is 16.2. The average molecular weight is 337 g/mol. The van der Waals surface area contributed by atoms with Gasteiger partial charge in [-0.1, -0.05) is 22.9 Å². The van der Waals surface area contributed by atoms with Crippen LogP contribution in [0.3, 0.4) is 0 Å². The summed E-state index contributed by atoms with van der Waals surface area (Å²) in [6.45, 7) is 5.94. The summed E-state index contributed by atoms with van der Waals surface area (Å²) in [5.41, 5.74) is 3.40. The van der Waals surface area contributed by atoms with Gasteiger partial charge < -0.3 is 10.2 Å². The minimum Gasteiger partial charge on any atom is -0.353 e. The smallest absolute Gasteiger partial charge is 0.231 e. The third-order valence-electron chi connectivity index (χ3n) is 4.45. The van der Waals surface area contributed by atoms with Crippen molar-refractivity contribution in [3.63, 3.8) is 0 Å². The minimum atomic E-state index is -0.0625. The third-order valence-corrected chi connectivity index (χ3v) is 4.45. The summed E-state index contributed by atoms with van der Waals surface area (Å²) in [7, 11) is 0. The molecule has 0 radical (unpaired) electrons. The molecule has 1 aromatic carbocycles. The van der Waals surface area contributed by atoms with E-state index in [9.17, 15) is 4.79 Å². The number of benzene rings is 1. The van der Waals surface area contributed by atoms with Crippen molar-refractivity contribution in [3.8, 4) is 0 Å². The molecular weight excluding hydrogens is 318 g/mol. The van der Waals surface area contributed by atoms with Gasteiger partial charge in [0.1, 0.15) is 6.33 Å². The van der Waals surface area contributed by atoms with E-state index in [2.05, 4.69) is 25.6 Å². The molecule has 0 unspecified atom stereocenters. The summed E-state index contributed by atoms with van der Waals surface area (Å²) in [6, 6.07) is 7.80. The van der Waals surface area contributed by atoms with Gasteiger partial charge in [0.2, 0.25) is 5.91 Å². The van der Waals surface area contributed by atoms with Crippen LogP contribution < -0.4 is 10.2 Å². The number of hydrogen-bond acceptors (Lipinski definition) is 6. The number of aromatic nitrogens is 5. The molecule has 1 fully saturated rings. The number of nitrogens with one attached hydrogen (secondary N) is 1. The van der Waals surface area contributed by atoms with Crippen LogP contribution in [0.2, 0.25) is 0 Å². The number of aryl methyl sites for hydroxylation is 2. The number of hydrogen-bond donors (Lipinski definition) is 1. The Morgan fingerprint density at radius 1 is 1.24 bits per heavy atom. The molecule has 1 saturated heterocycles. The molecular formula is C17H19N7O. The third kappa shape index (κ3) is 2.79. The molecule has 0 saturated carbocycles. The van der Waals surface area contributed by atoms with E-state index in [1.807, 2.05) is 43.0 Å². The van der Waals surface area contributed by atoms with Gasteiger partial charge in [0.25, 0.3) is 0 Å². The summed E-state index contributed by atoms with van der Waals surface area (Å²) in [5.74, 6) is 0.708. The fraction of sp³-hybridized carbons (Fsp3) is 0.353. The second kappa shape index (κ2) is 6.12. The Morgan fingerprint density at radius 3 is 2.72 bits per heavy atom. The first-order chi connectivity index (χ1) is 12.2. The van der Waals surface area contributed by atoms with Crippen LogP contribution in [-0.4, -0.2) is 44.0 Å². The van der Waals surface area contributed by atoms with Gasteiger partial charge in [0, 0.05) is 25.3 Å². The lowest BCUT2D eigenvalue weighted by molar-refractivity contribution is -0.120. The quantitative estimate of drug-likeness (QED) is 0.778. The van der Waals surface area contributed by atoms with Crippen molar-refractivity contribution in [2.45, 2.75) is 20.4 Å². The zero-order valence-electron chi connectivity index (χ0n) is 14.2. The van der Waals surface area contributed by atoms with Gasteiger partial charge in [-0.2, -0.15) is 0 Å². The number of fused-ring (bicyclic) bond motifs is 1. The Bertz CT molecular complexity index is 912. The van der Waals surface area contributed by atoms with Crippen LogP contribution in [0.1, 0.15) is 12.5 Å². The van der Waals surface area contributed by atoms with E-state index in [-0.39, 0.29) is 11.8 Å².